The second kappa shape index (κ2) is 9.09. The molecule has 2 aromatic rings. The van der Waals surface area contributed by atoms with Gasteiger partial charge in [0.05, 0.1) is 37.9 Å². The van der Waals surface area contributed by atoms with Crippen LogP contribution in [-0.4, -0.2) is 62.4 Å². The van der Waals surface area contributed by atoms with E-state index in [1.54, 1.807) is 13.4 Å². The summed E-state index contributed by atoms with van der Waals surface area (Å²) in [6, 6.07) is 7.49. The molecule has 1 aromatic heterocycles. The predicted octanol–water partition coefficient (Wildman–Crippen LogP) is 2.18. The number of rotatable bonds is 5. The molecule has 2 fully saturated rings. The van der Waals surface area contributed by atoms with Crippen LogP contribution in [0.25, 0.3) is 0 Å². The second-order valence-electron chi connectivity index (χ2n) is 7.28. The number of amides is 1. The first-order valence-electron chi connectivity index (χ1n) is 10.1. The summed E-state index contributed by atoms with van der Waals surface area (Å²) in [5.74, 6) is 1.66. The van der Waals surface area contributed by atoms with Crippen LogP contribution in [0.15, 0.2) is 36.8 Å². The molecule has 0 spiro atoms. The molecule has 0 bridgehead atoms. The first kappa shape index (κ1) is 19.4. The topological polar surface area (TPSA) is 79.8 Å². The molecule has 0 atom stereocenters. The van der Waals surface area contributed by atoms with Crippen LogP contribution in [0.1, 0.15) is 12.8 Å². The Morgan fingerprint density at radius 3 is 2.66 bits per heavy atom. The van der Waals surface area contributed by atoms with Gasteiger partial charge in [-0.1, -0.05) is 12.1 Å². The van der Waals surface area contributed by atoms with Crippen molar-refractivity contribution in [1.82, 2.24) is 9.97 Å². The van der Waals surface area contributed by atoms with Gasteiger partial charge in [0, 0.05) is 32.1 Å². The standard InChI is InChI=1S/C21H27N5O3/c1-28-19-5-3-2-4-17(19)24-21(27)16-6-8-25(9-7-16)18-14-22-15-23-20(18)26-10-12-29-13-11-26/h2-5,14-16H,6-13H2,1H3,(H,24,27). The van der Waals surface area contributed by atoms with E-state index in [0.717, 1.165) is 50.5 Å². The molecular weight excluding hydrogens is 370 g/mol. The van der Waals surface area contributed by atoms with Crippen molar-refractivity contribution >= 4 is 23.1 Å². The fourth-order valence-corrected chi connectivity index (χ4v) is 3.92. The van der Waals surface area contributed by atoms with Crippen molar-refractivity contribution < 1.29 is 14.3 Å². The molecule has 8 nitrogen and oxygen atoms in total. The van der Waals surface area contributed by atoms with Gasteiger partial charge in [0.25, 0.3) is 0 Å². The molecule has 2 saturated heterocycles. The summed E-state index contributed by atoms with van der Waals surface area (Å²) in [4.78, 5) is 26.1. The summed E-state index contributed by atoms with van der Waals surface area (Å²) in [5, 5.41) is 3.02. The minimum absolute atomic E-state index is 0.0207. The normalized spacial score (nSPS) is 17.8. The third-order valence-electron chi connectivity index (χ3n) is 5.55. The lowest BCUT2D eigenvalue weighted by atomic mass is 9.95. The zero-order valence-corrected chi connectivity index (χ0v) is 16.7. The van der Waals surface area contributed by atoms with Gasteiger partial charge in [-0.3, -0.25) is 4.79 Å². The Bertz CT molecular complexity index is 833. The van der Waals surface area contributed by atoms with Crippen LogP contribution in [-0.2, 0) is 9.53 Å². The molecule has 2 aliphatic rings. The summed E-state index contributed by atoms with van der Waals surface area (Å²) < 4.78 is 10.8. The quantitative estimate of drug-likeness (QED) is 0.828. The highest BCUT2D eigenvalue weighted by atomic mass is 16.5. The third kappa shape index (κ3) is 4.42. The van der Waals surface area contributed by atoms with Gasteiger partial charge in [0.2, 0.25) is 5.91 Å². The Labute approximate surface area is 170 Å². The van der Waals surface area contributed by atoms with Crippen molar-refractivity contribution in [3.05, 3.63) is 36.8 Å². The van der Waals surface area contributed by atoms with Crippen molar-refractivity contribution in [2.45, 2.75) is 12.8 Å². The lowest BCUT2D eigenvalue weighted by molar-refractivity contribution is -0.120. The van der Waals surface area contributed by atoms with Crippen LogP contribution in [0, 0.1) is 5.92 Å². The summed E-state index contributed by atoms with van der Waals surface area (Å²) >= 11 is 0. The molecule has 1 N–H and O–H groups in total. The highest BCUT2D eigenvalue weighted by Crippen LogP contribution is 2.31. The van der Waals surface area contributed by atoms with Gasteiger partial charge in [0.1, 0.15) is 12.1 Å². The van der Waals surface area contributed by atoms with E-state index in [1.165, 1.54) is 0 Å². The summed E-state index contributed by atoms with van der Waals surface area (Å²) in [6.07, 6.45) is 5.06. The number of carbonyl (C=O) groups excluding carboxylic acids is 1. The average molecular weight is 397 g/mol. The number of para-hydroxylation sites is 2. The SMILES string of the molecule is COc1ccccc1NC(=O)C1CCN(c2cncnc2N2CCOCC2)CC1. The Balaban J connectivity index is 1.39. The molecule has 3 heterocycles. The van der Waals surface area contributed by atoms with Crippen LogP contribution in [0.4, 0.5) is 17.2 Å². The first-order valence-corrected chi connectivity index (χ1v) is 10.1. The summed E-state index contributed by atoms with van der Waals surface area (Å²) in [5.41, 5.74) is 1.76. The number of benzene rings is 1. The molecule has 4 rings (SSSR count). The molecule has 29 heavy (non-hydrogen) atoms. The van der Waals surface area contributed by atoms with Crippen LogP contribution in [0.5, 0.6) is 5.75 Å². The number of nitrogens with one attached hydrogen (secondary N) is 1. The largest absolute Gasteiger partial charge is 0.495 e. The zero-order valence-electron chi connectivity index (χ0n) is 16.7. The number of ether oxygens (including phenoxy) is 2. The van der Waals surface area contributed by atoms with Gasteiger partial charge in [0.15, 0.2) is 5.82 Å². The van der Waals surface area contributed by atoms with Crippen molar-refractivity contribution in [2.24, 2.45) is 5.92 Å². The molecule has 1 aromatic carbocycles. The van der Waals surface area contributed by atoms with Crippen molar-refractivity contribution in [3.63, 3.8) is 0 Å². The molecular formula is C21H27N5O3. The number of anilines is 3. The average Bonchev–Trinajstić information content (AvgIpc) is 2.80. The lowest BCUT2D eigenvalue weighted by Crippen LogP contribution is -2.41. The highest BCUT2D eigenvalue weighted by Gasteiger charge is 2.28. The van der Waals surface area contributed by atoms with Crippen LogP contribution in [0.2, 0.25) is 0 Å². The minimum Gasteiger partial charge on any atom is -0.495 e. The van der Waals surface area contributed by atoms with E-state index in [2.05, 4.69) is 25.1 Å². The van der Waals surface area contributed by atoms with Gasteiger partial charge < -0.3 is 24.6 Å². The number of nitrogens with zero attached hydrogens (tertiary/aromatic N) is 4. The van der Waals surface area contributed by atoms with Gasteiger partial charge >= 0.3 is 0 Å². The molecule has 2 aliphatic heterocycles. The van der Waals surface area contributed by atoms with Gasteiger partial charge in [-0.05, 0) is 25.0 Å². The Hall–Kier alpha value is -2.87. The minimum atomic E-state index is -0.0207. The Kier molecular flexibility index (Phi) is 6.09. The maximum atomic E-state index is 12.8. The zero-order chi connectivity index (χ0) is 20.1. The van der Waals surface area contributed by atoms with E-state index in [-0.39, 0.29) is 11.8 Å². The Morgan fingerprint density at radius 2 is 1.90 bits per heavy atom. The van der Waals surface area contributed by atoms with E-state index in [1.807, 2.05) is 30.5 Å². The molecule has 0 radical (unpaired) electrons. The number of hydrogen-bond acceptors (Lipinski definition) is 7. The smallest absolute Gasteiger partial charge is 0.227 e. The first-order chi connectivity index (χ1) is 14.3. The van der Waals surface area contributed by atoms with E-state index in [9.17, 15) is 4.79 Å². The van der Waals surface area contributed by atoms with E-state index < -0.39 is 0 Å². The fourth-order valence-electron chi connectivity index (χ4n) is 3.92. The number of aromatic nitrogens is 2. The van der Waals surface area contributed by atoms with Gasteiger partial charge in [-0.2, -0.15) is 0 Å². The van der Waals surface area contributed by atoms with Gasteiger partial charge in [-0.25, -0.2) is 9.97 Å². The second-order valence-corrected chi connectivity index (χ2v) is 7.28. The monoisotopic (exact) mass is 397 g/mol. The fraction of sp³-hybridized carbons (Fsp3) is 0.476. The van der Waals surface area contributed by atoms with E-state index in [4.69, 9.17) is 9.47 Å². The van der Waals surface area contributed by atoms with E-state index >= 15 is 0 Å². The lowest BCUT2D eigenvalue weighted by Gasteiger charge is -2.36. The maximum absolute atomic E-state index is 12.8. The number of morpholine rings is 1. The van der Waals surface area contributed by atoms with Crippen LogP contribution >= 0.6 is 0 Å². The number of hydrogen-bond donors (Lipinski definition) is 1. The number of carbonyl (C=O) groups is 1. The van der Waals surface area contributed by atoms with Gasteiger partial charge in [-0.15, -0.1) is 0 Å². The number of piperidine rings is 1. The van der Waals surface area contributed by atoms with Crippen molar-refractivity contribution in [3.8, 4) is 5.75 Å². The van der Waals surface area contributed by atoms with Crippen LogP contribution in [0.3, 0.4) is 0 Å². The number of methoxy groups -OCH3 is 1. The molecule has 0 unspecified atom stereocenters. The molecule has 0 saturated carbocycles. The molecule has 0 aliphatic carbocycles. The highest BCUT2D eigenvalue weighted by molar-refractivity contribution is 5.94. The van der Waals surface area contributed by atoms with E-state index in [0.29, 0.717) is 24.7 Å². The Morgan fingerprint density at radius 1 is 1.14 bits per heavy atom. The maximum Gasteiger partial charge on any atom is 0.227 e. The summed E-state index contributed by atoms with van der Waals surface area (Å²) in [6.45, 7) is 4.70. The molecule has 8 heteroatoms. The molecule has 154 valence electrons. The van der Waals surface area contributed by atoms with Crippen molar-refractivity contribution in [1.29, 1.82) is 0 Å². The summed E-state index contributed by atoms with van der Waals surface area (Å²) in [7, 11) is 1.61. The predicted molar refractivity (Wildman–Crippen MR) is 112 cm³/mol. The third-order valence-corrected chi connectivity index (χ3v) is 5.55. The molecule has 1 amide bonds. The van der Waals surface area contributed by atoms with Crippen LogP contribution < -0.4 is 19.9 Å². The van der Waals surface area contributed by atoms with Crippen molar-refractivity contribution in [2.75, 3.05) is 61.6 Å².